The zero-order valence-corrected chi connectivity index (χ0v) is 15.3. The predicted molar refractivity (Wildman–Crippen MR) is 97.2 cm³/mol. The van der Waals surface area contributed by atoms with Crippen LogP contribution in [-0.2, 0) is 19.1 Å². The lowest BCUT2D eigenvalue weighted by Gasteiger charge is -2.20. The number of benzene rings is 1. The van der Waals surface area contributed by atoms with Crippen molar-refractivity contribution in [3.05, 3.63) is 48.1 Å². The number of carbonyl (C=O) groups is 2. The molecule has 0 heterocycles. The molecule has 0 saturated carbocycles. The Hall–Kier alpha value is -2.56. The zero-order chi connectivity index (χ0) is 18.7. The van der Waals surface area contributed by atoms with E-state index >= 15 is 0 Å². The van der Waals surface area contributed by atoms with Gasteiger partial charge in [0.1, 0.15) is 19.0 Å². The van der Waals surface area contributed by atoms with Crippen LogP contribution in [0.2, 0.25) is 0 Å². The van der Waals surface area contributed by atoms with Crippen molar-refractivity contribution in [3.63, 3.8) is 0 Å². The third-order valence-electron chi connectivity index (χ3n) is 3.72. The molecule has 1 rings (SSSR count). The highest BCUT2D eigenvalue weighted by Crippen LogP contribution is 2.21. The van der Waals surface area contributed by atoms with Gasteiger partial charge in [-0.2, -0.15) is 0 Å². The lowest BCUT2D eigenvalue weighted by Crippen LogP contribution is -2.27. The van der Waals surface area contributed by atoms with Crippen molar-refractivity contribution < 1.29 is 23.8 Å². The molecule has 0 radical (unpaired) electrons. The van der Waals surface area contributed by atoms with E-state index in [-0.39, 0.29) is 19.2 Å². The highest BCUT2D eigenvalue weighted by molar-refractivity contribution is 5.82. The smallest absolute Gasteiger partial charge is 0.330 e. The molecule has 0 spiro atoms. The average molecular weight is 346 g/mol. The van der Waals surface area contributed by atoms with Crippen LogP contribution in [0.1, 0.15) is 32.8 Å². The minimum Gasteiger partial charge on any atom is -0.497 e. The number of methoxy groups -OCH3 is 1. The van der Waals surface area contributed by atoms with Crippen molar-refractivity contribution in [1.29, 1.82) is 0 Å². The second-order valence-electron chi connectivity index (χ2n) is 6.04. The first-order valence-electron chi connectivity index (χ1n) is 8.22. The van der Waals surface area contributed by atoms with Gasteiger partial charge in [-0.1, -0.05) is 37.3 Å². The van der Waals surface area contributed by atoms with E-state index in [1.54, 1.807) is 19.3 Å². The van der Waals surface area contributed by atoms with E-state index in [2.05, 4.69) is 0 Å². The van der Waals surface area contributed by atoms with E-state index in [0.717, 1.165) is 11.3 Å². The zero-order valence-electron chi connectivity index (χ0n) is 15.3. The first-order valence-corrected chi connectivity index (χ1v) is 8.22. The quantitative estimate of drug-likeness (QED) is 0.295. The minimum absolute atomic E-state index is 0.0360. The summed E-state index contributed by atoms with van der Waals surface area (Å²) in [5.41, 5.74) is 0.442. The van der Waals surface area contributed by atoms with Gasteiger partial charge in [0.05, 0.1) is 12.5 Å². The van der Waals surface area contributed by atoms with Crippen LogP contribution in [0, 0.1) is 5.41 Å². The van der Waals surface area contributed by atoms with Crippen LogP contribution in [-0.4, -0.2) is 32.3 Å². The van der Waals surface area contributed by atoms with Crippen molar-refractivity contribution in [2.75, 3.05) is 20.3 Å². The summed E-state index contributed by atoms with van der Waals surface area (Å²) in [6, 6.07) is 7.56. The van der Waals surface area contributed by atoms with Gasteiger partial charge in [0.15, 0.2) is 0 Å². The molecule has 0 saturated heterocycles. The molecule has 1 aromatic rings. The Morgan fingerprint density at radius 3 is 2.52 bits per heavy atom. The molecule has 0 N–H and O–H groups in total. The monoisotopic (exact) mass is 346 g/mol. The van der Waals surface area contributed by atoms with Crippen LogP contribution in [0.4, 0.5) is 0 Å². The summed E-state index contributed by atoms with van der Waals surface area (Å²) in [5, 5.41) is 0. The maximum Gasteiger partial charge on any atom is 0.330 e. The second kappa shape index (κ2) is 10.3. The molecule has 5 nitrogen and oxygen atoms in total. The Balaban J connectivity index is 2.31. The molecule has 5 heteroatoms. The van der Waals surface area contributed by atoms with Gasteiger partial charge in [-0.25, -0.2) is 4.79 Å². The molecular formula is C20H26O5. The number of hydrogen-bond acceptors (Lipinski definition) is 5. The normalized spacial score (nSPS) is 11.7. The Bertz CT molecular complexity index is 629. The van der Waals surface area contributed by atoms with Crippen molar-refractivity contribution in [1.82, 2.24) is 0 Å². The molecule has 0 atom stereocenters. The van der Waals surface area contributed by atoms with Gasteiger partial charge >= 0.3 is 11.9 Å². The van der Waals surface area contributed by atoms with E-state index in [1.807, 2.05) is 51.1 Å². The number of ether oxygens (including phenoxy) is 3. The van der Waals surface area contributed by atoms with Gasteiger partial charge in [-0.3, -0.25) is 4.79 Å². The molecule has 0 amide bonds. The highest BCUT2D eigenvalue weighted by atomic mass is 16.6. The molecule has 0 unspecified atom stereocenters. The number of hydrogen-bond donors (Lipinski definition) is 0. The summed E-state index contributed by atoms with van der Waals surface area (Å²) >= 11 is 0. The van der Waals surface area contributed by atoms with E-state index in [9.17, 15) is 9.59 Å². The molecule has 0 bridgehead atoms. The highest BCUT2D eigenvalue weighted by Gasteiger charge is 2.26. The number of esters is 2. The van der Waals surface area contributed by atoms with Crippen LogP contribution in [0.5, 0.6) is 5.75 Å². The van der Waals surface area contributed by atoms with Crippen LogP contribution < -0.4 is 4.74 Å². The lowest BCUT2D eigenvalue weighted by molar-refractivity contribution is -0.157. The largest absolute Gasteiger partial charge is 0.497 e. The molecule has 0 aliphatic carbocycles. The van der Waals surface area contributed by atoms with Crippen molar-refractivity contribution >= 4 is 18.0 Å². The van der Waals surface area contributed by atoms with Crippen LogP contribution in [0.15, 0.2) is 42.5 Å². The third kappa shape index (κ3) is 7.70. The molecule has 0 aliphatic rings. The molecular weight excluding hydrogens is 320 g/mol. The fourth-order valence-corrected chi connectivity index (χ4v) is 1.71. The standard InChI is InChI=1S/C20H26O5/c1-5-20(2,3)19(22)25-14-13-24-18(21)12-7-6-9-16-10-8-11-17(15-16)23-4/h6-12,15H,5,13-14H2,1-4H3/b9-6+,12-7+. The summed E-state index contributed by atoms with van der Waals surface area (Å²) in [7, 11) is 1.61. The Kier molecular flexibility index (Phi) is 8.47. The summed E-state index contributed by atoms with van der Waals surface area (Å²) in [4.78, 5) is 23.3. The van der Waals surface area contributed by atoms with Crippen LogP contribution >= 0.6 is 0 Å². The number of allylic oxidation sites excluding steroid dienone is 2. The van der Waals surface area contributed by atoms with E-state index in [1.165, 1.54) is 6.08 Å². The minimum atomic E-state index is -0.519. The van der Waals surface area contributed by atoms with Crippen LogP contribution in [0.3, 0.4) is 0 Å². The first-order chi connectivity index (χ1) is 11.9. The van der Waals surface area contributed by atoms with E-state index in [4.69, 9.17) is 14.2 Å². The SMILES string of the molecule is CCC(C)(C)C(=O)OCCOC(=O)/C=C/C=C/c1cccc(OC)c1. The molecule has 0 aromatic heterocycles. The van der Waals surface area contributed by atoms with Gasteiger partial charge in [-0.15, -0.1) is 0 Å². The summed E-state index contributed by atoms with van der Waals surface area (Å²) in [6.45, 7) is 5.65. The molecule has 0 aliphatic heterocycles. The van der Waals surface area contributed by atoms with Gasteiger partial charge in [0, 0.05) is 6.08 Å². The van der Waals surface area contributed by atoms with Gasteiger partial charge in [0.25, 0.3) is 0 Å². The molecule has 25 heavy (non-hydrogen) atoms. The summed E-state index contributed by atoms with van der Waals surface area (Å²) in [6.07, 6.45) is 7.18. The number of rotatable bonds is 9. The predicted octanol–water partition coefficient (Wildman–Crippen LogP) is 3.79. The lowest BCUT2D eigenvalue weighted by atomic mass is 9.91. The Labute approximate surface area is 149 Å². The maximum atomic E-state index is 11.7. The first kappa shape index (κ1) is 20.5. The van der Waals surface area contributed by atoms with Gasteiger partial charge in [-0.05, 0) is 38.0 Å². The molecule has 136 valence electrons. The topological polar surface area (TPSA) is 61.8 Å². The van der Waals surface area contributed by atoms with Gasteiger partial charge < -0.3 is 14.2 Å². The summed E-state index contributed by atoms with van der Waals surface area (Å²) < 4.78 is 15.2. The Morgan fingerprint density at radius 1 is 1.12 bits per heavy atom. The fraction of sp³-hybridized carbons (Fsp3) is 0.400. The van der Waals surface area contributed by atoms with Crippen molar-refractivity contribution in [2.24, 2.45) is 5.41 Å². The van der Waals surface area contributed by atoms with Crippen molar-refractivity contribution in [3.8, 4) is 5.75 Å². The Morgan fingerprint density at radius 2 is 1.84 bits per heavy atom. The number of carbonyl (C=O) groups excluding carboxylic acids is 2. The van der Waals surface area contributed by atoms with Crippen LogP contribution in [0.25, 0.3) is 6.08 Å². The van der Waals surface area contributed by atoms with E-state index in [0.29, 0.717) is 6.42 Å². The molecule has 0 fully saturated rings. The summed E-state index contributed by atoms with van der Waals surface area (Å²) in [5.74, 6) is -0.00440. The van der Waals surface area contributed by atoms with E-state index < -0.39 is 11.4 Å². The van der Waals surface area contributed by atoms with Gasteiger partial charge in [0.2, 0.25) is 0 Å². The van der Waals surface area contributed by atoms with Crippen molar-refractivity contribution in [2.45, 2.75) is 27.2 Å². The average Bonchev–Trinajstić information content (AvgIpc) is 2.62. The third-order valence-corrected chi connectivity index (χ3v) is 3.72. The fourth-order valence-electron chi connectivity index (χ4n) is 1.71. The maximum absolute atomic E-state index is 11.7. The molecule has 1 aromatic carbocycles. The second-order valence-corrected chi connectivity index (χ2v) is 6.04.